The van der Waals surface area contributed by atoms with E-state index in [1.807, 2.05) is 6.92 Å². The third-order valence-electron chi connectivity index (χ3n) is 4.77. The van der Waals surface area contributed by atoms with Crippen molar-refractivity contribution in [1.29, 1.82) is 0 Å². The van der Waals surface area contributed by atoms with E-state index in [9.17, 15) is 4.39 Å². The van der Waals surface area contributed by atoms with Gasteiger partial charge in [-0.25, -0.2) is 9.38 Å². The van der Waals surface area contributed by atoms with Crippen molar-refractivity contribution < 1.29 is 9.13 Å². The van der Waals surface area contributed by atoms with E-state index in [-0.39, 0.29) is 35.9 Å². The van der Waals surface area contributed by atoms with Gasteiger partial charge in [-0.3, -0.25) is 0 Å². The van der Waals surface area contributed by atoms with Crippen LogP contribution in [0.4, 0.5) is 4.39 Å². The zero-order chi connectivity index (χ0) is 20.2. The minimum atomic E-state index is -0.292. The Kier molecular flexibility index (Phi) is 13.2. The van der Waals surface area contributed by atoms with Crippen molar-refractivity contribution in [3.8, 4) is 5.75 Å². The number of aliphatic imine (C=N–C) groups is 1. The zero-order valence-corrected chi connectivity index (χ0v) is 20.3. The Morgan fingerprint density at radius 3 is 2.66 bits per heavy atom. The van der Waals surface area contributed by atoms with E-state index in [0.29, 0.717) is 12.3 Å². The Morgan fingerprint density at radius 2 is 1.97 bits per heavy atom. The molecule has 1 atom stereocenters. The molecule has 0 aliphatic carbocycles. The number of ether oxygens (including phenoxy) is 1. The molecule has 0 bridgehead atoms. The third kappa shape index (κ3) is 11.0. The van der Waals surface area contributed by atoms with Crippen LogP contribution in [0.3, 0.4) is 0 Å². The van der Waals surface area contributed by atoms with Crippen molar-refractivity contribution in [3.63, 3.8) is 0 Å². The first-order valence-corrected chi connectivity index (χ1v) is 10.4. The van der Waals surface area contributed by atoms with Gasteiger partial charge in [-0.15, -0.1) is 24.0 Å². The van der Waals surface area contributed by atoms with E-state index < -0.39 is 0 Å². The molecule has 1 unspecified atom stereocenters. The SMILES string of the molecule is CCNC(=NCC(C)Oc1cccc(F)c1)NCCCCN1CCN(C)CC1.I. The molecule has 0 amide bonds. The van der Waals surface area contributed by atoms with Crippen molar-refractivity contribution in [1.82, 2.24) is 20.4 Å². The summed E-state index contributed by atoms with van der Waals surface area (Å²) in [5.74, 6) is 1.04. The molecule has 0 saturated carbocycles. The van der Waals surface area contributed by atoms with Crippen LogP contribution >= 0.6 is 24.0 Å². The lowest BCUT2D eigenvalue weighted by molar-refractivity contribution is 0.152. The molecule has 1 aliphatic heterocycles. The lowest BCUT2D eigenvalue weighted by Crippen LogP contribution is -2.44. The third-order valence-corrected chi connectivity index (χ3v) is 4.77. The van der Waals surface area contributed by atoms with Crippen LogP contribution in [0.5, 0.6) is 5.75 Å². The molecule has 1 fully saturated rings. The Balaban J connectivity index is 0.00000420. The number of likely N-dealkylation sites (N-methyl/N-ethyl adjacent to an activating group) is 1. The van der Waals surface area contributed by atoms with Crippen molar-refractivity contribution in [3.05, 3.63) is 30.1 Å². The number of unbranched alkanes of at least 4 members (excludes halogenated alkanes) is 1. The fourth-order valence-corrected chi connectivity index (χ4v) is 3.11. The molecule has 166 valence electrons. The van der Waals surface area contributed by atoms with Crippen molar-refractivity contribution in [2.24, 2.45) is 4.99 Å². The maximum Gasteiger partial charge on any atom is 0.191 e. The summed E-state index contributed by atoms with van der Waals surface area (Å²) >= 11 is 0. The molecular weight excluding hydrogens is 484 g/mol. The standard InChI is InChI=1S/C21H36FN5O.HI/c1-4-23-21(24-10-5-6-11-27-14-12-26(3)13-15-27)25-17-18(2)28-20-9-7-8-19(22)16-20;/h7-9,16,18H,4-6,10-15,17H2,1-3H3,(H2,23,24,25);1H. The molecule has 0 spiro atoms. The van der Waals surface area contributed by atoms with E-state index in [2.05, 4.69) is 39.4 Å². The molecular formula is C21H37FIN5O. The van der Waals surface area contributed by atoms with Crippen LogP contribution in [0.1, 0.15) is 26.7 Å². The van der Waals surface area contributed by atoms with Crippen molar-refractivity contribution in [2.75, 3.05) is 59.4 Å². The van der Waals surface area contributed by atoms with Gasteiger partial charge in [-0.2, -0.15) is 0 Å². The number of guanidine groups is 1. The van der Waals surface area contributed by atoms with Gasteiger partial charge >= 0.3 is 0 Å². The maximum absolute atomic E-state index is 13.2. The molecule has 1 saturated heterocycles. The number of hydrogen-bond donors (Lipinski definition) is 2. The molecule has 8 heteroatoms. The van der Waals surface area contributed by atoms with Crippen LogP contribution in [0.25, 0.3) is 0 Å². The minimum Gasteiger partial charge on any atom is -0.489 e. The van der Waals surface area contributed by atoms with E-state index in [0.717, 1.165) is 25.5 Å². The van der Waals surface area contributed by atoms with E-state index in [1.165, 1.54) is 51.3 Å². The fraction of sp³-hybridized carbons (Fsp3) is 0.667. The summed E-state index contributed by atoms with van der Waals surface area (Å²) in [6, 6.07) is 6.21. The van der Waals surface area contributed by atoms with Crippen molar-refractivity contribution in [2.45, 2.75) is 32.8 Å². The van der Waals surface area contributed by atoms with Crippen LogP contribution in [0.15, 0.2) is 29.3 Å². The molecule has 29 heavy (non-hydrogen) atoms. The van der Waals surface area contributed by atoms with E-state index in [4.69, 9.17) is 4.74 Å². The monoisotopic (exact) mass is 521 g/mol. The summed E-state index contributed by atoms with van der Waals surface area (Å²) in [5.41, 5.74) is 0. The molecule has 0 aromatic heterocycles. The average molecular weight is 521 g/mol. The van der Waals surface area contributed by atoms with Gasteiger partial charge in [0.25, 0.3) is 0 Å². The Morgan fingerprint density at radius 1 is 1.21 bits per heavy atom. The van der Waals surface area contributed by atoms with Gasteiger partial charge in [0.1, 0.15) is 17.7 Å². The summed E-state index contributed by atoms with van der Waals surface area (Å²) in [6.07, 6.45) is 2.18. The number of rotatable bonds is 10. The maximum atomic E-state index is 13.2. The molecule has 1 aliphatic rings. The minimum absolute atomic E-state index is 0. The Labute approximate surface area is 192 Å². The molecule has 2 N–H and O–H groups in total. The van der Waals surface area contributed by atoms with Gasteiger partial charge < -0.3 is 25.2 Å². The normalized spacial score (nSPS) is 16.8. The summed E-state index contributed by atoms with van der Waals surface area (Å²) in [6.45, 7) is 12.1. The highest BCUT2D eigenvalue weighted by molar-refractivity contribution is 14.0. The summed E-state index contributed by atoms with van der Waals surface area (Å²) in [5, 5.41) is 6.65. The highest BCUT2D eigenvalue weighted by atomic mass is 127. The predicted octanol–water partition coefficient (Wildman–Crippen LogP) is 2.79. The lowest BCUT2D eigenvalue weighted by atomic mass is 10.2. The zero-order valence-electron chi connectivity index (χ0n) is 18.0. The average Bonchev–Trinajstić information content (AvgIpc) is 2.67. The van der Waals surface area contributed by atoms with Gasteiger partial charge in [0, 0.05) is 45.3 Å². The predicted molar refractivity (Wildman–Crippen MR) is 129 cm³/mol. The van der Waals surface area contributed by atoms with Gasteiger partial charge in [-0.1, -0.05) is 6.07 Å². The second-order valence-electron chi connectivity index (χ2n) is 7.38. The lowest BCUT2D eigenvalue weighted by Gasteiger charge is -2.32. The smallest absolute Gasteiger partial charge is 0.191 e. The van der Waals surface area contributed by atoms with Crippen LogP contribution in [0, 0.1) is 5.82 Å². The fourth-order valence-electron chi connectivity index (χ4n) is 3.11. The molecule has 1 aromatic rings. The first-order chi connectivity index (χ1) is 13.6. The number of piperazine rings is 1. The van der Waals surface area contributed by atoms with Crippen LogP contribution in [0.2, 0.25) is 0 Å². The van der Waals surface area contributed by atoms with Gasteiger partial charge in [-0.05, 0) is 52.4 Å². The van der Waals surface area contributed by atoms with E-state index in [1.54, 1.807) is 12.1 Å². The first-order valence-electron chi connectivity index (χ1n) is 10.4. The second kappa shape index (κ2) is 14.8. The highest BCUT2D eigenvalue weighted by Gasteiger charge is 2.12. The van der Waals surface area contributed by atoms with Crippen LogP contribution < -0.4 is 15.4 Å². The quantitative estimate of drug-likeness (QED) is 0.215. The van der Waals surface area contributed by atoms with Gasteiger partial charge in [0.2, 0.25) is 0 Å². The molecule has 1 aromatic carbocycles. The van der Waals surface area contributed by atoms with Gasteiger partial charge in [0.15, 0.2) is 5.96 Å². The summed E-state index contributed by atoms with van der Waals surface area (Å²) in [4.78, 5) is 9.52. The second-order valence-corrected chi connectivity index (χ2v) is 7.38. The van der Waals surface area contributed by atoms with Crippen molar-refractivity contribution >= 4 is 29.9 Å². The first kappa shape index (κ1) is 25.9. The summed E-state index contributed by atoms with van der Waals surface area (Å²) < 4.78 is 19.0. The topological polar surface area (TPSA) is 52.1 Å². The number of nitrogens with zero attached hydrogens (tertiary/aromatic N) is 3. The molecule has 1 heterocycles. The molecule has 0 radical (unpaired) electrons. The number of hydrogen-bond acceptors (Lipinski definition) is 4. The van der Waals surface area contributed by atoms with E-state index >= 15 is 0 Å². The highest BCUT2D eigenvalue weighted by Crippen LogP contribution is 2.13. The largest absolute Gasteiger partial charge is 0.489 e. The Bertz CT molecular complexity index is 596. The summed E-state index contributed by atoms with van der Waals surface area (Å²) in [7, 11) is 2.19. The molecule has 6 nitrogen and oxygen atoms in total. The number of halogens is 2. The Hall–Kier alpha value is -1.13. The number of nitrogens with one attached hydrogen (secondary N) is 2. The van der Waals surface area contributed by atoms with Crippen LogP contribution in [-0.2, 0) is 0 Å². The molecule has 2 rings (SSSR count). The van der Waals surface area contributed by atoms with Crippen LogP contribution in [-0.4, -0.2) is 81.3 Å². The van der Waals surface area contributed by atoms with Gasteiger partial charge in [0.05, 0.1) is 6.54 Å². The number of benzene rings is 1.